The maximum absolute atomic E-state index is 13.0. The summed E-state index contributed by atoms with van der Waals surface area (Å²) in [6, 6.07) is 3.08. The van der Waals surface area contributed by atoms with Crippen molar-refractivity contribution in [3.05, 3.63) is 29.6 Å². The van der Waals surface area contributed by atoms with Crippen LogP contribution in [0.15, 0.2) is 18.2 Å². The van der Waals surface area contributed by atoms with E-state index in [0.29, 0.717) is 12.1 Å². The van der Waals surface area contributed by atoms with Crippen molar-refractivity contribution in [2.45, 2.75) is 32.7 Å². The number of halogens is 1. The second-order valence-corrected chi connectivity index (χ2v) is 4.26. The molecule has 1 unspecified atom stereocenters. The molecule has 1 aromatic carbocycles. The Kier molecular flexibility index (Phi) is 5.29. The fourth-order valence-electron chi connectivity index (χ4n) is 1.58. The highest BCUT2D eigenvalue weighted by atomic mass is 19.1. The Morgan fingerprint density at radius 2 is 2.11 bits per heavy atom. The molecule has 2 amide bonds. The van der Waals surface area contributed by atoms with Gasteiger partial charge in [-0.2, -0.15) is 0 Å². The number of anilines is 1. The van der Waals surface area contributed by atoms with Crippen molar-refractivity contribution in [3.63, 3.8) is 0 Å². The van der Waals surface area contributed by atoms with Crippen molar-refractivity contribution in [3.8, 4) is 0 Å². The standard InChI is InChI=1S/C13H17FN2O3/c1-3-10(7-12(17)18)15-13(19)16-11-6-9(14)5-4-8(11)2/h4-6,10H,3,7H2,1-2H3,(H,17,18)(H2,15,16,19). The lowest BCUT2D eigenvalue weighted by Crippen LogP contribution is -2.39. The average molecular weight is 268 g/mol. The molecule has 0 fully saturated rings. The van der Waals surface area contributed by atoms with Gasteiger partial charge in [-0.25, -0.2) is 9.18 Å². The van der Waals surface area contributed by atoms with Gasteiger partial charge in [0.05, 0.1) is 6.42 Å². The first-order valence-electron chi connectivity index (χ1n) is 5.97. The summed E-state index contributed by atoms with van der Waals surface area (Å²) in [6.07, 6.45) is 0.355. The number of aryl methyl sites for hydroxylation is 1. The fraction of sp³-hybridized carbons (Fsp3) is 0.385. The van der Waals surface area contributed by atoms with Crippen LogP contribution in [0.1, 0.15) is 25.3 Å². The Hall–Kier alpha value is -2.11. The van der Waals surface area contributed by atoms with Crippen molar-refractivity contribution < 1.29 is 19.1 Å². The molecular weight excluding hydrogens is 251 g/mol. The van der Waals surface area contributed by atoms with Crippen LogP contribution in [-0.4, -0.2) is 23.1 Å². The first-order chi connectivity index (χ1) is 8.92. The zero-order valence-electron chi connectivity index (χ0n) is 10.9. The summed E-state index contributed by atoms with van der Waals surface area (Å²) in [5.74, 6) is -1.42. The van der Waals surface area contributed by atoms with E-state index in [4.69, 9.17) is 5.11 Å². The normalized spacial score (nSPS) is 11.7. The molecule has 0 aromatic heterocycles. The Balaban J connectivity index is 2.63. The van der Waals surface area contributed by atoms with Gasteiger partial charge in [-0.15, -0.1) is 0 Å². The van der Waals surface area contributed by atoms with E-state index in [9.17, 15) is 14.0 Å². The van der Waals surface area contributed by atoms with Gasteiger partial charge in [-0.1, -0.05) is 13.0 Å². The first kappa shape index (κ1) is 14.9. The molecule has 104 valence electrons. The number of carboxylic acid groups (broad SMARTS) is 1. The molecule has 0 aliphatic rings. The molecule has 5 nitrogen and oxygen atoms in total. The number of carbonyl (C=O) groups excluding carboxylic acids is 1. The summed E-state index contributed by atoms with van der Waals surface area (Å²) in [6.45, 7) is 3.52. The number of rotatable bonds is 5. The van der Waals surface area contributed by atoms with Crippen molar-refractivity contribution in [2.24, 2.45) is 0 Å². The Bertz CT molecular complexity index is 477. The number of amides is 2. The predicted octanol–water partition coefficient (Wildman–Crippen LogP) is 2.51. The van der Waals surface area contributed by atoms with Crippen LogP contribution in [0, 0.1) is 12.7 Å². The molecule has 1 rings (SSSR count). The van der Waals surface area contributed by atoms with Crippen molar-refractivity contribution in [1.29, 1.82) is 0 Å². The van der Waals surface area contributed by atoms with Gasteiger partial charge in [-0.3, -0.25) is 4.79 Å². The third-order valence-corrected chi connectivity index (χ3v) is 2.70. The molecule has 1 aromatic rings. The van der Waals surface area contributed by atoms with Crippen LogP contribution in [-0.2, 0) is 4.79 Å². The van der Waals surface area contributed by atoms with Crippen LogP contribution in [0.2, 0.25) is 0 Å². The highest BCUT2D eigenvalue weighted by Gasteiger charge is 2.14. The minimum absolute atomic E-state index is 0.147. The molecule has 0 heterocycles. The van der Waals surface area contributed by atoms with Gasteiger partial charge in [0, 0.05) is 11.7 Å². The molecule has 0 bridgehead atoms. The lowest BCUT2D eigenvalue weighted by Gasteiger charge is -2.16. The lowest BCUT2D eigenvalue weighted by atomic mass is 10.1. The van der Waals surface area contributed by atoms with Gasteiger partial charge in [0.25, 0.3) is 0 Å². The quantitative estimate of drug-likeness (QED) is 0.767. The highest BCUT2D eigenvalue weighted by molar-refractivity contribution is 5.90. The molecule has 0 saturated heterocycles. The zero-order valence-corrected chi connectivity index (χ0v) is 10.9. The summed E-state index contributed by atoms with van der Waals surface area (Å²) in [7, 11) is 0. The van der Waals surface area contributed by atoms with Crippen LogP contribution < -0.4 is 10.6 Å². The monoisotopic (exact) mass is 268 g/mol. The largest absolute Gasteiger partial charge is 0.481 e. The second-order valence-electron chi connectivity index (χ2n) is 4.26. The maximum atomic E-state index is 13.0. The van der Waals surface area contributed by atoms with Crippen LogP contribution in [0.5, 0.6) is 0 Å². The van der Waals surface area contributed by atoms with Gasteiger partial charge in [0.2, 0.25) is 0 Å². The van der Waals surface area contributed by atoms with Gasteiger partial charge >= 0.3 is 12.0 Å². The van der Waals surface area contributed by atoms with Gasteiger partial charge in [-0.05, 0) is 31.0 Å². The minimum Gasteiger partial charge on any atom is -0.481 e. The van der Waals surface area contributed by atoms with Crippen LogP contribution >= 0.6 is 0 Å². The summed E-state index contributed by atoms with van der Waals surface area (Å²) >= 11 is 0. The van der Waals surface area contributed by atoms with Gasteiger partial charge in [0.15, 0.2) is 0 Å². The Morgan fingerprint density at radius 3 is 2.68 bits per heavy atom. The summed E-state index contributed by atoms with van der Waals surface area (Å²) in [5, 5.41) is 13.7. The average Bonchev–Trinajstić information content (AvgIpc) is 2.32. The molecule has 0 saturated carbocycles. The van der Waals surface area contributed by atoms with E-state index in [2.05, 4.69) is 10.6 Å². The van der Waals surface area contributed by atoms with E-state index in [1.807, 2.05) is 0 Å². The van der Waals surface area contributed by atoms with E-state index < -0.39 is 23.9 Å². The third-order valence-electron chi connectivity index (χ3n) is 2.70. The van der Waals surface area contributed by atoms with Gasteiger partial charge in [0.1, 0.15) is 5.82 Å². The molecule has 3 N–H and O–H groups in total. The summed E-state index contributed by atoms with van der Waals surface area (Å²) < 4.78 is 13.0. The molecular formula is C13H17FN2O3. The number of carboxylic acids is 1. The van der Waals surface area contributed by atoms with Crippen molar-refractivity contribution in [2.75, 3.05) is 5.32 Å². The number of nitrogens with one attached hydrogen (secondary N) is 2. The smallest absolute Gasteiger partial charge is 0.319 e. The van der Waals surface area contributed by atoms with Crippen LogP contribution in [0.4, 0.5) is 14.9 Å². The molecule has 0 radical (unpaired) electrons. The zero-order chi connectivity index (χ0) is 14.4. The third kappa shape index (κ3) is 4.95. The van der Waals surface area contributed by atoms with Crippen LogP contribution in [0.3, 0.4) is 0 Å². The fourth-order valence-corrected chi connectivity index (χ4v) is 1.58. The topological polar surface area (TPSA) is 78.4 Å². The van der Waals surface area contributed by atoms with E-state index in [-0.39, 0.29) is 6.42 Å². The van der Waals surface area contributed by atoms with E-state index in [1.165, 1.54) is 12.1 Å². The number of hydrogen-bond donors (Lipinski definition) is 3. The number of benzene rings is 1. The molecule has 19 heavy (non-hydrogen) atoms. The lowest BCUT2D eigenvalue weighted by molar-refractivity contribution is -0.137. The summed E-state index contributed by atoms with van der Waals surface area (Å²) in [4.78, 5) is 22.3. The number of urea groups is 1. The maximum Gasteiger partial charge on any atom is 0.319 e. The number of carbonyl (C=O) groups is 2. The van der Waals surface area contributed by atoms with Gasteiger partial charge < -0.3 is 15.7 Å². The molecule has 0 spiro atoms. The predicted molar refractivity (Wildman–Crippen MR) is 69.6 cm³/mol. The summed E-state index contributed by atoms with van der Waals surface area (Å²) in [5.41, 5.74) is 1.09. The minimum atomic E-state index is -0.978. The van der Waals surface area contributed by atoms with E-state index in [1.54, 1.807) is 19.9 Å². The molecule has 6 heteroatoms. The number of aliphatic carboxylic acids is 1. The second kappa shape index (κ2) is 6.72. The van der Waals surface area contributed by atoms with E-state index in [0.717, 1.165) is 5.56 Å². The highest BCUT2D eigenvalue weighted by Crippen LogP contribution is 2.15. The Labute approximate surface area is 110 Å². The molecule has 1 atom stereocenters. The SMILES string of the molecule is CCC(CC(=O)O)NC(=O)Nc1cc(F)ccc1C. The Morgan fingerprint density at radius 1 is 1.42 bits per heavy atom. The van der Waals surface area contributed by atoms with E-state index >= 15 is 0 Å². The van der Waals surface area contributed by atoms with Crippen molar-refractivity contribution >= 4 is 17.7 Å². The van der Waals surface area contributed by atoms with Crippen LogP contribution in [0.25, 0.3) is 0 Å². The molecule has 0 aliphatic carbocycles. The molecule has 0 aliphatic heterocycles. The first-order valence-corrected chi connectivity index (χ1v) is 5.97. The number of hydrogen-bond acceptors (Lipinski definition) is 2. The van der Waals surface area contributed by atoms with Crippen molar-refractivity contribution in [1.82, 2.24) is 5.32 Å².